The van der Waals surface area contributed by atoms with Gasteiger partial charge in [0.1, 0.15) is 11.4 Å². The van der Waals surface area contributed by atoms with E-state index in [1.807, 2.05) is 0 Å². The van der Waals surface area contributed by atoms with Gasteiger partial charge in [-0.15, -0.1) is 0 Å². The van der Waals surface area contributed by atoms with E-state index in [0.29, 0.717) is 0 Å². The average Bonchev–Trinajstić information content (AvgIpc) is 2.10. The van der Waals surface area contributed by atoms with E-state index in [9.17, 15) is 0 Å². The van der Waals surface area contributed by atoms with Crippen molar-refractivity contribution < 1.29 is 4.74 Å². The first kappa shape index (κ1) is 9.57. The van der Waals surface area contributed by atoms with Crippen LogP contribution in [0.3, 0.4) is 0 Å². The molecule has 1 heterocycles. The van der Waals surface area contributed by atoms with Crippen LogP contribution in [0.4, 0.5) is 0 Å². The Balaban J connectivity index is 2.51. The van der Waals surface area contributed by atoms with Crippen LogP contribution >= 0.6 is 0 Å². The van der Waals surface area contributed by atoms with Crippen molar-refractivity contribution in [2.75, 3.05) is 0 Å². The summed E-state index contributed by atoms with van der Waals surface area (Å²) < 4.78 is 6.03. The van der Waals surface area contributed by atoms with E-state index in [1.54, 1.807) is 0 Å². The lowest BCUT2D eigenvalue weighted by atomic mass is 9.90. The fraction of sp³-hybridized carbons (Fsp3) is 0.538. The van der Waals surface area contributed by atoms with Crippen molar-refractivity contribution in [3.63, 3.8) is 0 Å². The molecule has 0 unspecified atom stereocenters. The lowest BCUT2D eigenvalue weighted by Gasteiger charge is -2.34. The third-order valence-electron chi connectivity index (χ3n) is 3.05. The maximum Gasteiger partial charge on any atom is 0.126 e. The molecule has 76 valence electrons. The minimum Gasteiger partial charge on any atom is -0.487 e. The van der Waals surface area contributed by atoms with Crippen molar-refractivity contribution in [3.05, 3.63) is 28.8 Å². The highest BCUT2D eigenvalue weighted by atomic mass is 16.5. The second kappa shape index (κ2) is 3.01. The zero-order valence-electron chi connectivity index (χ0n) is 9.48. The summed E-state index contributed by atoms with van der Waals surface area (Å²) in [6.45, 7) is 8.62. The van der Waals surface area contributed by atoms with Crippen LogP contribution in [0.2, 0.25) is 0 Å². The van der Waals surface area contributed by atoms with Crippen molar-refractivity contribution >= 4 is 0 Å². The molecule has 0 atom stereocenters. The molecule has 1 aliphatic rings. The van der Waals surface area contributed by atoms with Gasteiger partial charge in [0.2, 0.25) is 0 Å². The summed E-state index contributed by atoms with van der Waals surface area (Å²) in [5.41, 5.74) is 4.04. The van der Waals surface area contributed by atoms with Crippen molar-refractivity contribution in [3.8, 4) is 5.75 Å². The zero-order valence-corrected chi connectivity index (χ0v) is 9.48. The van der Waals surface area contributed by atoms with Crippen LogP contribution in [0.25, 0.3) is 0 Å². The molecule has 0 aliphatic carbocycles. The number of fused-ring (bicyclic) bond motifs is 1. The first-order valence-corrected chi connectivity index (χ1v) is 5.28. The van der Waals surface area contributed by atoms with Crippen LogP contribution in [-0.2, 0) is 6.42 Å². The lowest BCUT2D eigenvalue weighted by molar-refractivity contribution is 0.0835. The molecular formula is C13H18O. The summed E-state index contributed by atoms with van der Waals surface area (Å²) in [5.74, 6) is 1.13. The molecule has 0 fully saturated rings. The van der Waals surface area contributed by atoms with Crippen molar-refractivity contribution in [1.29, 1.82) is 0 Å². The fourth-order valence-corrected chi connectivity index (χ4v) is 2.05. The molecule has 1 nitrogen and oxygen atoms in total. The molecule has 0 amide bonds. The van der Waals surface area contributed by atoms with Gasteiger partial charge in [-0.3, -0.25) is 0 Å². The van der Waals surface area contributed by atoms with Gasteiger partial charge in [-0.05, 0) is 57.2 Å². The van der Waals surface area contributed by atoms with Gasteiger partial charge in [0.05, 0.1) is 0 Å². The summed E-state index contributed by atoms with van der Waals surface area (Å²) in [6, 6.07) is 4.34. The van der Waals surface area contributed by atoms with E-state index in [1.165, 1.54) is 16.7 Å². The minimum atomic E-state index is 0.00551. The number of benzene rings is 1. The molecule has 0 N–H and O–H groups in total. The summed E-state index contributed by atoms with van der Waals surface area (Å²) in [6.07, 6.45) is 2.26. The lowest BCUT2D eigenvalue weighted by Crippen LogP contribution is -2.33. The van der Waals surface area contributed by atoms with Gasteiger partial charge in [0, 0.05) is 0 Å². The van der Waals surface area contributed by atoms with Crippen LogP contribution in [0.15, 0.2) is 12.1 Å². The molecule has 0 bridgehead atoms. The molecule has 1 heteroatoms. The van der Waals surface area contributed by atoms with E-state index < -0.39 is 0 Å². The van der Waals surface area contributed by atoms with Gasteiger partial charge >= 0.3 is 0 Å². The Labute approximate surface area is 86.1 Å². The molecule has 14 heavy (non-hydrogen) atoms. The van der Waals surface area contributed by atoms with Gasteiger partial charge in [-0.2, -0.15) is 0 Å². The molecule has 1 aromatic carbocycles. The SMILES string of the molecule is Cc1ccc(C)c2c1CCC(C)(C)O2. The van der Waals surface area contributed by atoms with Gasteiger partial charge in [0.25, 0.3) is 0 Å². The normalized spacial score (nSPS) is 18.6. The summed E-state index contributed by atoms with van der Waals surface area (Å²) in [7, 11) is 0. The second-order valence-electron chi connectivity index (χ2n) is 4.87. The van der Waals surface area contributed by atoms with Crippen molar-refractivity contribution in [1.82, 2.24) is 0 Å². The smallest absolute Gasteiger partial charge is 0.126 e. The molecule has 0 saturated heterocycles. The first-order chi connectivity index (χ1) is 6.49. The molecule has 1 aromatic rings. The Bertz CT molecular complexity index is 364. The van der Waals surface area contributed by atoms with Crippen LogP contribution in [0.5, 0.6) is 5.75 Å². The van der Waals surface area contributed by atoms with Gasteiger partial charge in [-0.1, -0.05) is 12.1 Å². The third kappa shape index (κ3) is 1.52. The van der Waals surface area contributed by atoms with E-state index in [4.69, 9.17) is 4.74 Å². The quantitative estimate of drug-likeness (QED) is 0.609. The molecule has 0 spiro atoms. The number of hydrogen-bond acceptors (Lipinski definition) is 1. The van der Waals surface area contributed by atoms with Crippen molar-refractivity contribution in [2.45, 2.75) is 46.1 Å². The average molecular weight is 190 g/mol. The van der Waals surface area contributed by atoms with Crippen LogP contribution in [-0.4, -0.2) is 5.60 Å². The number of rotatable bonds is 0. The van der Waals surface area contributed by atoms with E-state index >= 15 is 0 Å². The number of hydrogen-bond donors (Lipinski definition) is 0. The molecule has 2 rings (SSSR count). The monoisotopic (exact) mass is 190 g/mol. The zero-order chi connectivity index (χ0) is 10.3. The molecule has 0 aromatic heterocycles. The highest BCUT2D eigenvalue weighted by Gasteiger charge is 2.28. The Morgan fingerprint density at radius 1 is 1.14 bits per heavy atom. The Morgan fingerprint density at radius 2 is 1.79 bits per heavy atom. The van der Waals surface area contributed by atoms with Crippen molar-refractivity contribution in [2.24, 2.45) is 0 Å². The van der Waals surface area contributed by atoms with E-state index in [2.05, 4.69) is 39.8 Å². The van der Waals surface area contributed by atoms with Gasteiger partial charge in [-0.25, -0.2) is 0 Å². The molecule has 0 saturated carbocycles. The van der Waals surface area contributed by atoms with Crippen LogP contribution in [0, 0.1) is 13.8 Å². The third-order valence-corrected chi connectivity index (χ3v) is 3.05. The van der Waals surface area contributed by atoms with Gasteiger partial charge in [0.15, 0.2) is 0 Å². The predicted molar refractivity (Wildman–Crippen MR) is 58.9 cm³/mol. The number of aryl methyl sites for hydroxylation is 2. The maximum atomic E-state index is 6.03. The second-order valence-corrected chi connectivity index (χ2v) is 4.87. The van der Waals surface area contributed by atoms with E-state index in [0.717, 1.165) is 18.6 Å². The Kier molecular flexibility index (Phi) is 2.06. The number of ether oxygens (including phenoxy) is 1. The van der Waals surface area contributed by atoms with Crippen LogP contribution in [0.1, 0.15) is 37.0 Å². The predicted octanol–water partition coefficient (Wildman–Crippen LogP) is 3.41. The standard InChI is InChI=1S/C13H18O/c1-9-5-6-10(2)12-11(9)7-8-13(3,4)14-12/h5-6H,7-8H2,1-4H3. The highest BCUT2D eigenvalue weighted by Crippen LogP contribution is 2.37. The van der Waals surface area contributed by atoms with Gasteiger partial charge < -0.3 is 4.74 Å². The molecular weight excluding hydrogens is 172 g/mol. The first-order valence-electron chi connectivity index (χ1n) is 5.28. The Morgan fingerprint density at radius 3 is 2.50 bits per heavy atom. The maximum absolute atomic E-state index is 6.03. The highest BCUT2D eigenvalue weighted by molar-refractivity contribution is 5.47. The minimum absolute atomic E-state index is 0.00551. The topological polar surface area (TPSA) is 9.23 Å². The summed E-state index contributed by atoms with van der Waals surface area (Å²) in [5, 5.41) is 0. The van der Waals surface area contributed by atoms with E-state index in [-0.39, 0.29) is 5.60 Å². The fourth-order valence-electron chi connectivity index (χ4n) is 2.05. The molecule has 0 radical (unpaired) electrons. The Hall–Kier alpha value is -0.980. The largest absolute Gasteiger partial charge is 0.487 e. The summed E-state index contributed by atoms with van der Waals surface area (Å²) in [4.78, 5) is 0. The van der Waals surface area contributed by atoms with Crippen LogP contribution < -0.4 is 4.74 Å². The summed E-state index contributed by atoms with van der Waals surface area (Å²) >= 11 is 0. The molecule has 1 aliphatic heterocycles.